The van der Waals surface area contributed by atoms with Crippen LogP contribution < -0.4 is 15.7 Å². The number of nitrogens with zero attached hydrogens (tertiary/aromatic N) is 3. The molecular formula is C21H24N4O3. The molecule has 146 valence electrons. The first-order chi connectivity index (χ1) is 13.5. The first-order valence-corrected chi connectivity index (χ1v) is 9.19. The van der Waals surface area contributed by atoms with E-state index >= 15 is 0 Å². The second kappa shape index (κ2) is 8.56. The largest absolute Gasteiger partial charge is 0.497 e. The summed E-state index contributed by atoms with van der Waals surface area (Å²) >= 11 is 0. The third-order valence-electron chi connectivity index (χ3n) is 4.56. The second-order valence-corrected chi connectivity index (χ2v) is 6.44. The van der Waals surface area contributed by atoms with Crippen molar-refractivity contribution in [2.24, 2.45) is 0 Å². The zero-order chi connectivity index (χ0) is 20.1. The predicted octanol–water partition coefficient (Wildman–Crippen LogP) is 2.62. The van der Waals surface area contributed by atoms with Crippen LogP contribution in [0.4, 0.5) is 0 Å². The van der Waals surface area contributed by atoms with Crippen molar-refractivity contribution in [1.82, 2.24) is 19.7 Å². The van der Waals surface area contributed by atoms with Crippen LogP contribution in [0.5, 0.6) is 5.75 Å². The van der Waals surface area contributed by atoms with E-state index in [9.17, 15) is 9.59 Å². The quantitative estimate of drug-likeness (QED) is 0.683. The molecule has 1 heterocycles. The Morgan fingerprint density at radius 1 is 1.14 bits per heavy atom. The molecule has 28 heavy (non-hydrogen) atoms. The molecule has 0 aliphatic carbocycles. The van der Waals surface area contributed by atoms with Gasteiger partial charge in [-0.3, -0.25) is 9.36 Å². The van der Waals surface area contributed by atoms with Crippen molar-refractivity contribution in [3.63, 3.8) is 0 Å². The minimum atomic E-state index is -0.309. The van der Waals surface area contributed by atoms with E-state index in [4.69, 9.17) is 4.74 Å². The third kappa shape index (κ3) is 4.14. The summed E-state index contributed by atoms with van der Waals surface area (Å²) in [7, 11) is 1.60. The average Bonchev–Trinajstić information content (AvgIpc) is 3.03. The maximum absolute atomic E-state index is 12.7. The molecule has 0 aliphatic heterocycles. The molecule has 0 aliphatic rings. The van der Waals surface area contributed by atoms with Gasteiger partial charge in [-0.1, -0.05) is 30.3 Å². The van der Waals surface area contributed by atoms with Crippen molar-refractivity contribution >= 4 is 5.91 Å². The molecule has 3 rings (SSSR count). The molecule has 2 aromatic carbocycles. The van der Waals surface area contributed by atoms with Crippen molar-refractivity contribution in [2.75, 3.05) is 7.11 Å². The summed E-state index contributed by atoms with van der Waals surface area (Å²) in [5.74, 6) is 0.988. The smallest absolute Gasteiger partial charge is 0.346 e. The topological polar surface area (TPSA) is 78.2 Å². The van der Waals surface area contributed by atoms with Gasteiger partial charge in [0.1, 0.15) is 12.3 Å². The van der Waals surface area contributed by atoms with E-state index in [1.54, 1.807) is 11.7 Å². The molecule has 0 saturated heterocycles. The molecule has 0 radical (unpaired) electrons. The average molecular weight is 380 g/mol. The molecule has 1 amide bonds. The van der Waals surface area contributed by atoms with Crippen LogP contribution in [-0.2, 0) is 17.9 Å². The van der Waals surface area contributed by atoms with Gasteiger partial charge in [-0.2, -0.15) is 0 Å². The van der Waals surface area contributed by atoms with Gasteiger partial charge in [0, 0.05) is 12.1 Å². The SMILES string of the molecule is CCn1c(-c2ccc(OC)cc2)nn(CC(=O)N[C@H](C)c2ccccc2)c1=O. The Morgan fingerprint density at radius 2 is 1.82 bits per heavy atom. The van der Waals surface area contributed by atoms with Crippen molar-refractivity contribution in [1.29, 1.82) is 0 Å². The lowest BCUT2D eigenvalue weighted by atomic mass is 10.1. The van der Waals surface area contributed by atoms with E-state index in [1.807, 2.05) is 68.4 Å². The van der Waals surface area contributed by atoms with Gasteiger partial charge in [0.15, 0.2) is 5.82 Å². The lowest BCUT2D eigenvalue weighted by Gasteiger charge is -2.13. The molecule has 7 heteroatoms. The van der Waals surface area contributed by atoms with Crippen LogP contribution in [0.1, 0.15) is 25.5 Å². The van der Waals surface area contributed by atoms with Gasteiger partial charge >= 0.3 is 5.69 Å². The molecule has 7 nitrogen and oxygen atoms in total. The predicted molar refractivity (Wildman–Crippen MR) is 107 cm³/mol. The minimum absolute atomic E-state index is 0.133. The van der Waals surface area contributed by atoms with E-state index < -0.39 is 0 Å². The molecule has 1 aromatic heterocycles. The fourth-order valence-corrected chi connectivity index (χ4v) is 3.03. The number of methoxy groups -OCH3 is 1. The van der Waals surface area contributed by atoms with Crippen LogP contribution >= 0.6 is 0 Å². The van der Waals surface area contributed by atoms with Gasteiger partial charge < -0.3 is 10.1 Å². The standard InChI is InChI=1S/C21H24N4O3/c1-4-24-20(17-10-12-18(28-3)13-11-17)23-25(21(24)27)14-19(26)22-15(2)16-8-6-5-7-9-16/h5-13,15H,4,14H2,1-3H3,(H,22,26)/t15-/m1/s1. The lowest BCUT2D eigenvalue weighted by molar-refractivity contribution is -0.122. The number of rotatable bonds is 7. The van der Waals surface area contributed by atoms with Crippen LogP contribution in [0.2, 0.25) is 0 Å². The minimum Gasteiger partial charge on any atom is -0.497 e. The Bertz CT molecular complexity index is 991. The molecular weight excluding hydrogens is 356 g/mol. The van der Waals surface area contributed by atoms with Gasteiger partial charge in [0.2, 0.25) is 5.91 Å². The lowest BCUT2D eigenvalue weighted by Crippen LogP contribution is -2.34. The number of hydrogen-bond acceptors (Lipinski definition) is 4. The Morgan fingerprint density at radius 3 is 2.43 bits per heavy atom. The van der Waals surface area contributed by atoms with Crippen LogP contribution in [0, 0.1) is 0 Å². The van der Waals surface area contributed by atoms with Gasteiger partial charge in [0.05, 0.1) is 13.2 Å². The summed E-state index contributed by atoms with van der Waals surface area (Å²) in [6.45, 7) is 4.11. The van der Waals surface area contributed by atoms with Gasteiger partial charge in [0.25, 0.3) is 0 Å². The van der Waals surface area contributed by atoms with Crippen LogP contribution in [0.3, 0.4) is 0 Å². The van der Waals surface area contributed by atoms with Gasteiger partial charge in [-0.15, -0.1) is 5.10 Å². The second-order valence-electron chi connectivity index (χ2n) is 6.44. The Balaban J connectivity index is 1.79. The molecule has 0 saturated carbocycles. The summed E-state index contributed by atoms with van der Waals surface area (Å²) < 4.78 is 7.93. The third-order valence-corrected chi connectivity index (χ3v) is 4.56. The molecule has 0 bridgehead atoms. The number of amides is 1. The van der Waals surface area contributed by atoms with Crippen molar-refractivity contribution in [2.45, 2.75) is 33.0 Å². The summed E-state index contributed by atoms with van der Waals surface area (Å²) in [6.07, 6.45) is 0. The van der Waals surface area contributed by atoms with Crippen LogP contribution in [0.25, 0.3) is 11.4 Å². The van der Waals surface area contributed by atoms with Crippen molar-refractivity contribution < 1.29 is 9.53 Å². The maximum atomic E-state index is 12.7. The van der Waals surface area contributed by atoms with Crippen molar-refractivity contribution in [3.05, 3.63) is 70.6 Å². The zero-order valence-electron chi connectivity index (χ0n) is 16.3. The normalized spacial score (nSPS) is 11.8. The summed E-state index contributed by atoms with van der Waals surface area (Å²) in [5.41, 5.74) is 1.48. The van der Waals surface area contributed by atoms with Gasteiger partial charge in [-0.25, -0.2) is 9.48 Å². The molecule has 0 spiro atoms. The fraction of sp³-hybridized carbons (Fsp3) is 0.286. The highest BCUT2D eigenvalue weighted by Crippen LogP contribution is 2.20. The number of carbonyl (C=O) groups excluding carboxylic acids is 1. The molecule has 1 N–H and O–H groups in total. The van der Waals surface area contributed by atoms with E-state index in [2.05, 4.69) is 10.4 Å². The molecule has 1 atom stereocenters. The van der Waals surface area contributed by atoms with E-state index in [-0.39, 0.29) is 24.2 Å². The van der Waals surface area contributed by atoms with E-state index in [0.29, 0.717) is 12.4 Å². The molecule has 0 unspecified atom stereocenters. The summed E-state index contributed by atoms with van der Waals surface area (Å²) in [5, 5.41) is 7.30. The molecule has 0 fully saturated rings. The Labute approximate surface area is 163 Å². The number of ether oxygens (including phenoxy) is 1. The first-order valence-electron chi connectivity index (χ1n) is 9.19. The number of nitrogens with one attached hydrogen (secondary N) is 1. The van der Waals surface area contributed by atoms with Crippen molar-refractivity contribution in [3.8, 4) is 17.1 Å². The molecule has 3 aromatic rings. The summed E-state index contributed by atoms with van der Waals surface area (Å²) in [6, 6.07) is 16.8. The van der Waals surface area contributed by atoms with E-state index in [0.717, 1.165) is 16.9 Å². The maximum Gasteiger partial charge on any atom is 0.346 e. The Kier molecular flexibility index (Phi) is 5.93. The highest BCUT2D eigenvalue weighted by Gasteiger charge is 2.17. The number of carbonyl (C=O) groups is 1. The number of hydrogen-bond donors (Lipinski definition) is 1. The Hall–Kier alpha value is -3.35. The highest BCUT2D eigenvalue weighted by molar-refractivity contribution is 5.76. The fourth-order valence-electron chi connectivity index (χ4n) is 3.03. The number of benzene rings is 2. The van der Waals surface area contributed by atoms with Crippen LogP contribution in [-0.4, -0.2) is 27.4 Å². The zero-order valence-corrected chi connectivity index (χ0v) is 16.3. The summed E-state index contributed by atoms with van der Waals surface area (Å²) in [4.78, 5) is 25.1. The monoisotopic (exact) mass is 380 g/mol. The van der Waals surface area contributed by atoms with E-state index in [1.165, 1.54) is 4.68 Å². The van der Waals surface area contributed by atoms with Crippen LogP contribution in [0.15, 0.2) is 59.4 Å². The number of aromatic nitrogens is 3. The highest BCUT2D eigenvalue weighted by atomic mass is 16.5. The van der Waals surface area contributed by atoms with Gasteiger partial charge in [-0.05, 0) is 43.7 Å². The first kappa shape index (κ1) is 19.4.